The summed E-state index contributed by atoms with van der Waals surface area (Å²) in [6.07, 6.45) is 0.284. The van der Waals surface area contributed by atoms with E-state index in [2.05, 4.69) is 23.6 Å². The average Bonchev–Trinajstić information content (AvgIpc) is 3.00. The van der Waals surface area contributed by atoms with Gasteiger partial charge in [0, 0.05) is 29.6 Å². The molecule has 0 amide bonds. The second-order valence-electron chi connectivity index (χ2n) is 7.34. The minimum atomic E-state index is -0.979. The third kappa shape index (κ3) is 4.25. The van der Waals surface area contributed by atoms with Crippen LogP contribution in [0.5, 0.6) is 0 Å². The number of carbonyl (C=O) groups excluding carboxylic acids is 2. The molecule has 5 heteroatoms. The zero-order valence-electron chi connectivity index (χ0n) is 18.1. The molecule has 0 bridgehead atoms. The standard InChI is InChI=1S/C25H29NO4/c1-5-29-24(27)21(25(28)30-6-2)16-20(18-12-8-7-9-13-18)23-17(3)19-14-10-11-15-22(19)26(23)4/h7-15,20-21H,5-6,16H2,1-4H3. The van der Waals surface area contributed by atoms with E-state index in [-0.39, 0.29) is 25.6 Å². The van der Waals surface area contributed by atoms with Crippen molar-refractivity contribution in [3.8, 4) is 0 Å². The highest BCUT2D eigenvalue weighted by molar-refractivity contribution is 5.95. The van der Waals surface area contributed by atoms with Crippen molar-refractivity contribution in [3.63, 3.8) is 0 Å². The summed E-state index contributed by atoms with van der Waals surface area (Å²) in [5.74, 6) is -2.21. The first-order chi connectivity index (χ1) is 14.5. The lowest BCUT2D eigenvalue weighted by atomic mass is 9.84. The van der Waals surface area contributed by atoms with Crippen molar-refractivity contribution < 1.29 is 19.1 Å². The van der Waals surface area contributed by atoms with Gasteiger partial charge in [-0.15, -0.1) is 0 Å². The largest absolute Gasteiger partial charge is 0.465 e. The Kier molecular flexibility index (Phi) is 6.93. The molecule has 30 heavy (non-hydrogen) atoms. The van der Waals surface area contributed by atoms with Gasteiger partial charge >= 0.3 is 11.9 Å². The number of esters is 2. The molecule has 1 aromatic heterocycles. The molecule has 1 heterocycles. The van der Waals surface area contributed by atoms with E-state index < -0.39 is 17.9 Å². The molecule has 3 rings (SSSR count). The van der Waals surface area contributed by atoms with Crippen LogP contribution in [0, 0.1) is 12.8 Å². The number of carbonyl (C=O) groups is 2. The first-order valence-corrected chi connectivity index (χ1v) is 10.4. The van der Waals surface area contributed by atoms with Crippen molar-refractivity contribution in [1.82, 2.24) is 4.57 Å². The second kappa shape index (κ2) is 9.61. The van der Waals surface area contributed by atoms with Crippen molar-refractivity contribution in [3.05, 3.63) is 71.4 Å². The Morgan fingerprint density at radius 2 is 1.47 bits per heavy atom. The lowest BCUT2D eigenvalue weighted by molar-refractivity contribution is -0.162. The number of para-hydroxylation sites is 1. The van der Waals surface area contributed by atoms with Gasteiger partial charge in [0.05, 0.1) is 13.2 Å². The maximum absolute atomic E-state index is 12.7. The molecule has 158 valence electrons. The summed E-state index contributed by atoms with van der Waals surface area (Å²) < 4.78 is 12.6. The van der Waals surface area contributed by atoms with Crippen molar-refractivity contribution in [2.24, 2.45) is 13.0 Å². The van der Waals surface area contributed by atoms with Gasteiger partial charge < -0.3 is 14.0 Å². The van der Waals surface area contributed by atoms with Crippen LogP contribution >= 0.6 is 0 Å². The molecule has 1 atom stereocenters. The Labute approximate surface area is 177 Å². The summed E-state index contributed by atoms with van der Waals surface area (Å²) in [6.45, 7) is 6.01. The molecule has 0 aliphatic carbocycles. The smallest absolute Gasteiger partial charge is 0.320 e. The fraction of sp³-hybridized carbons (Fsp3) is 0.360. The molecule has 0 aliphatic heterocycles. The molecular formula is C25H29NO4. The second-order valence-corrected chi connectivity index (χ2v) is 7.34. The number of ether oxygens (including phenoxy) is 2. The monoisotopic (exact) mass is 407 g/mol. The Bertz CT molecular complexity index is 965. The SMILES string of the molecule is CCOC(=O)C(CC(c1ccccc1)c1c(C)c2ccccc2n1C)C(=O)OCC. The molecule has 0 N–H and O–H groups in total. The lowest BCUT2D eigenvalue weighted by Crippen LogP contribution is -2.30. The van der Waals surface area contributed by atoms with Crippen molar-refractivity contribution in [2.45, 2.75) is 33.1 Å². The van der Waals surface area contributed by atoms with Crippen LogP contribution in [0.25, 0.3) is 10.9 Å². The minimum Gasteiger partial charge on any atom is -0.465 e. The van der Waals surface area contributed by atoms with E-state index >= 15 is 0 Å². The van der Waals surface area contributed by atoms with Gasteiger partial charge in [-0.2, -0.15) is 0 Å². The fourth-order valence-electron chi connectivity index (χ4n) is 4.20. The normalized spacial score (nSPS) is 12.2. The molecule has 0 spiro atoms. The van der Waals surface area contributed by atoms with E-state index in [4.69, 9.17) is 9.47 Å². The van der Waals surface area contributed by atoms with Crippen molar-refractivity contribution in [1.29, 1.82) is 0 Å². The Balaban J connectivity index is 2.12. The van der Waals surface area contributed by atoms with Crippen LogP contribution in [0.15, 0.2) is 54.6 Å². The lowest BCUT2D eigenvalue weighted by Gasteiger charge is -2.24. The highest BCUT2D eigenvalue weighted by Gasteiger charge is 2.35. The maximum atomic E-state index is 12.7. The Morgan fingerprint density at radius 1 is 0.900 bits per heavy atom. The van der Waals surface area contributed by atoms with Gasteiger partial charge in [0.25, 0.3) is 0 Å². The van der Waals surface area contributed by atoms with Crippen molar-refractivity contribution >= 4 is 22.8 Å². The third-order valence-electron chi connectivity index (χ3n) is 5.56. The van der Waals surface area contributed by atoms with Gasteiger partial charge in [-0.25, -0.2) is 0 Å². The average molecular weight is 408 g/mol. The van der Waals surface area contributed by atoms with Crippen molar-refractivity contribution in [2.75, 3.05) is 13.2 Å². The number of benzene rings is 2. The highest BCUT2D eigenvalue weighted by atomic mass is 16.6. The number of fused-ring (bicyclic) bond motifs is 1. The number of aryl methyl sites for hydroxylation is 2. The van der Waals surface area contributed by atoms with Gasteiger partial charge in [0.1, 0.15) is 0 Å². The number of rotatable bonds is 8. The van der Waals surface area contributed by atoms with Gasteiger partial charge in [-0.05, 0) is 44.4 Å². The molecule has 3 aromatic rings. The van der Waals surface area contributed by atoms with Crippen LogP contribution in [-0.2, 0) is 26.1 Å². The van der Waals surface area contributed by atoms with E-state index in [1.807, 2.05) is 49.5 Å². The summed E-state index contributed by atoms with van der Waals surface area (Å²) in [5.41, 5.74) is 4.40. The molecule has 0 fully saturated rings. The number of nitrogens with zero attached hydrogens (tertiary/aromatic N) is 1. The molecule has 5 nitrogen and oxygen atoms in total. The molecule has 2 aromatic carbocycles. The Hall–Kier alpha value is -3.08. The van der Waals surface area contributed by atoms with E-state index in [1.165, 1.54) is 5.39 Å². The zero-order chi connectivity index (χ0) is 21.7. The fourth-order valence-corrected chi connectivity index (χ4v) is 4.20. The van der Waals surface area contributed by atoms with Crippen LogP contribution < -0.4 is 0 Å². The summed E-state index contributed by atoms with van der Waals surface area (Å²) in [4.78, 5) is 25.3. The molecule has 1 unspecified atom stereocenters. The van der Waals surface area contributed by atoms with Gasteiger partial charge in [-0.3, -0.25) is 9.59 Å². The quantitative estimate of drug-likeness (QED) is 0.399. The first-order valence-electron chi connectivity index (χ1n) is 10.4. The van der Waals surface area contributed by atoms with Crippen LogP contribution in [0.4, 0.5) is 0 Å². The predicted octanol–water partition coefficient (Wildman–Crippen LogP) is 4.75. The number of hydrogen-bond donors (Lipinski definition) is 0. The zero-order valence-corrected chi connectivity index (χ0v) is 18.1. The molecule has 0 saturated heterocycles. The minimum absolute atomic E-state index is 0.164. The van der Waals surface area contributed by atoms with Crippen LogP contribution in [0.1, 0.15) is 43.0 Å². The Morgan fingerprint density at radius 3 is 2.03 bits per heavy atom. The van der Waals surface area contributed by atoms with Gasteiger partial charge in [0.2, 0.25) is 0 Å². The maximum Gasteiger partial charge on any atom is 0.320 e. The summed E-state index contributed by atoms with van der Waals surface area (Å²) in [7, 11) is 2.03. The third-order valence-corrected chi connectivity index (χ3v) is 5.56. The topological polar surface area (TPSA) is 57.5 Å². The predicted molar refractivity (Wildman–Crippen MR) is 117 cm³/mol. The first kappa shape index (κ1) is 21.6. The van der Waals surface area contributed by atoms with E-state index in [1.54, 1.807) is 13.8 Å². The van der Waals surface area contributed by atoms with Crippen LogP contribution in [0.2, 0.25) is 0 Å². The van der Waals surface area contributed by atoms with Crippen LogP contribution in [0.3, 0.4) is 0 Å². The van der Waals surface area contributed by atoms with Gasteiger partial charge in [0.15, 0.2) is 5.92 Å². The van der Waals surface area contributed by atoms with E-state index in [0.717, 1.165) is 22.3 Å². The molecular weight excluding hydrogens is 378 g/mol. The molecule has 0 radical (unpaired) electrons. The van der Waals surface area contributed by atoms with Gasteiger partial charge in [-0.1, -0.05) is 48.5 Å². The summed E-state index contributed by atoms with van der Waals surface area (Å²) in [5, 5.41) is 1.17. The highest BCUT2D eigenvalue weighted by Crippen LogP contribution is 2.38. The van der Waals surface area contributed by atoms with E-state index in [9.17, 15) is 9.59 Å². The number of aromatic nitrogens is 1. The van der Waals surface area contributed by atoms with Crippen LogP contribution in [-0.4, -0.2) is 29.7 Å². The molecule has 0 saturated carbocycles. The summed E-state index contributed by atoms with van der Waals surface area (Å²) >= 11 is 0. The molecule has 0 aliphatic rings. The number of hydrogen-bond acceptors (Lipinski definition) is 4. The van der Waals surface area contributed by atoms with E-state index in [0.29, 0.717) is 0 Å². The summed E-state index contributed by atoms with van der Waals surface area (Å²) in [6, 6.07) is 18.2.